The molecule has 2 rings (SSSR count). The minimum atomic E-state index is -0.446. The van der Waals surface area contributed by atoms with Crippen LogP contribution in [0.3, 0.4) is 0 Å². The Hall–Kier alpha value is -0.780. The normalized spacial score (nSPS) is 19.1. The van der Waals surface area contributed by atoms with Crippen molar-refractivity contribution in [3.8, 4) is 0 Å². The van der Waals surface area contributed by atoms with Crippen LogP contribution in [0.15, 0.2) is 18.2 Å². The Morgan fingerprint density at radius 1 is 1.56 bits per heavy atom. The van der Waals surface area contributed by atoms with Gasteiger partial charge in [-0.3, -0.25) is 10.1 Å². The van der Waals surface area contributed by atoms with Crippen LogP contribution in [0.4, 0.5) is 5.69 Å². The standard InChI is InChI=1S/C12H15ClN2O2S/c13-11-4-3-9(6-12(11)15(16)17)7-14-8-10-2-1-5-18-10/h3-4,6,10,14H,1-2,5,7-8H2. The molecular weight excluding hydrogens is 272 g/mol. The first kappa shape index (κ1) is 13.6. The van der Waals surface area contributed by atoms with Gasteiger partial charge in [-0.05, 0) is 30.2 Å². The second-order valence-corrected chi connectivity index (χ2v) is 6.12. The van der Waals surface area contributed by atoms with E-state index < -0.39 is 4.92 Å². The lowest BCUT2D eigenvalue weighted by Gasteiger charge is -2.10. The summed E-state index contributed by atoms with van der Waals surface area (Å²) < 4.78 is 0. The van der Waals surface area contributed by atoms with E-state index in [1.807, 2.05) is 17.8 Å². The maximum absolute atomic E-state index is 10.8. The Morgan fingerprint density at radius 3 is 3.06 bits per heavy atom. The second-order valence-electron chi connectivity index (χ2n) is 4.31. The van der Waals surface area contributed by atoms with Crippen molar-refractivity contribution in [1.29, 1.82) is 0 Å². The van der Waals surface area contributed by atoms with Crippen LogP contribution in [0.1, 0.15) is 18.4 Å². The highest BCUT2D eigenvalue weighted by molar-refractivity contribution is 8.00. The van der Waals surface area contributed by atoms with Gasteiger partial charge >= 0.3 is 0 Å². The van der Waals surface area contributed by atoms with E-state index in [1.165, 1.54) is 24.7 Å². The van der Waals surface area contributed by atoms with E-state index in [4.69, 9.17) is 11.6 Å². The highest BCUT2D eigenvalue weighted by atomic mass is 35.5. The molecule has 0 bridgehead atoms. The number of hydrogen-bond acceptors (Lipinski definition) is 4. The van der Waals surface area contributed by atoms with Crippen LogP contribution in [-0.2, 0) is 6.54 Å². The quantitative estimate of drug-likeness (QED) is 0.667. The minimum absolute atomic E-state index is 0.0220. The second kappa shape index (κ2) is 6.41. The van der Waals surface area contributed by atoms with Crippen LogP contribution in [0.5, 0.6) is 0 Å². The zero-order chi connectivity index (χ0) is 13.0. The summed E-state index contributed by atoms with van der Waals surface area (Å²) in [5.74, 6) is 1.25. The first-order chi connectivity index (χ1) is 8.66. The Bertz CT molecular complexity index is 436. The summed E-state index contributed by atoms with van der Waals surface area (Å²) in [6.07, 6.45) is 2.56. The molecule has 1 unspecified atom stereocenters. The highest BCUT2D eigenvalue weighted by Gasteiger charge is 2.15. The zero-order valence-corrected chi connectivity index (χ0v) is 11.5. The molecule has 1 aliphatic heterocycles. The van der Waals surface area contributed by atoms with Crippen molar-refractivity contribution in [3.63, 3.8) is 0 Å². The van der Waals surface area contributed by atoms with E-state index in [0.717, 1.165) is 12.1 Å². The molecule has 6 heteroatoms. The van der Waals surface area contributed by atoms with Gasteiger partial charge in [0.05, 0.1) is 4.92 Å². The molecule has 0 aromatic heterocycles. The van der Waals surface area contributed by atoms with Gasteiger partial charge in [-0.2, -0.15) is 11.8 Å². The van der Waals surface area contributed by atoms with Crippen LogP contribution in [0.2, 0.25) is 5.02 Å². The van der Waals surface area contributed by atoms with Crippen molar-refractivity contribution in [1.82, 2.24) is 5.32 Å². The van der Waals surface area contributed by atoms with Gasteiger partial charge in [0.2, 0.25) is 0 Å². The average molecular weight is 287 g/mol. The van der Waals surface area contributed by atoms with Crippen molar-refractivity contribution in [2.45, 2.75) is 24.6 Å². The van der Waals surface area contributed by atoms with Gasteiger partial charge in [-0.15, -0.1) is 0 Å². The van der Waals surface area contributed by atoms with Crippen LogP contribution < -0.4 is 5.32 Å². The monoisotopic (exact) mass is 286 g/mol. The van der Waals surface area contributed by atoms with Crippen LogP contribution in [0.25, 0.3) is 0 Å². The number of nitrogens with one attached hydrogen (secondary N) is 1. The van der Waals surface area contributed by atoms with Gasteiger partial charge in [-0.1, -0.05) is 17.7 Å². The number of hydrogen-bond donors (Lipinski definition) is 1. The molecule has 98 valence electrons. The number of nitrogens with zero attached hydrogens (tertiary/aromatic N) is 1. The van der Waals surface area contributed by atoms with Crippen molar-refractivity contribution in [2.75, 3.05) is 12.3 Å². The third kappa shape index (κ3) is 3.60. The molecule has 1 N–H and O–H groups in total. The zero-order valence-electron chi connectivity index (χ0n) is 9.89. The third-order valence-electron chi connectivity index (χ3n) is 2.93. The molecule has 4 nitrogen and oxygen atoms in total. The first-order valence-corrected chi connectivity index (χ1v) is 7.34. The average Bonchev–Trinajstić information content (AvgIpc) is 2.84. The van der Waals surface area contributed by atoms with E-state index in [9.17, 15) is 10.1 Å². The Labute approximate surface area is 115 Å². The molecule has 0 radical (unpaired) electrons. The molecule has 1 heterocycles. The number of nitro benzene ring substituents is 1. The number of nitro groups is 1. The fourth-order valence-electron chi connectivity index (χ4n) is 1.99. The van der Waals surface area contributed by atoms with Gasteiger partial charge in [0.25, 0.3) is 5.69 Å². The smallest absolute Gasteiger partial charge is 0.288 e. The Kier molecular flexibility index (Phi) is 4.86. The van der Waals surface area contributed by atoms with E-state index in [-0.39, 0.29) is 10.7 Å². The van der Waals surface area contributed by atoms with Crippen LogP contribution >= 0.6 is 23.4 Å². The number of benzene rings is 1. The Balaban J connectivity index is 1.88. The Morgan fingerprint density at radius 2 is 2.39 bits per heavy atom. The topological polar surface area (TPSA) is 55.2 Å². The summed E-state index contributed by atoms with van der Waals surface area (Å²) in [5.41, 5.74) is 0.875. The van der Waals surface area contributed by atoms with Gasteiger partial charge in [0.1, 0.15) is 5.02 Å². The number of halogens is 1. The molecule has 1 atom stereocenters. The van der Waals surface area contributed by atoms with Crippen molar-refractivity contribution in [2.24, 2.45) is 0 Å². The molecule has 1 fully saturated rings. The predicted octanol–water partition coefficient (Wildman–Crippen LogP) is 3.23. The van der Waals surface area contributed by atoms with Gasteiger partial charge in [-0.25, -0.2) is 0 Å². The maximum atomic E-state index is 10.8. The fraction of sp³-hybridized carbons (Fsp3) is 0.500. The van der Waals surface area contributed by atoms with E-state index in [2.05, 4.69) is 5.32 Å². The van der Waals surface area contributed by atoms with Crippen molar-refractivity contribution >= 4 is 29.1 Å². The van der Waals surface area contributed by atoms with Crippen molar-refractivity contribution in [3.05, 3.63) is 38.9 Å². The fourth-order valence-corrected chi connectivity index (χ4v) is 3.41. The molecule has 0 saturated carbocycles. The summed E-state index contributed by atoms with van der Waals surface area (Å²) >= 11 is 7.76. The lowest BCUT2D eigenvalue weighted by atomic mass is 10.2. The van der Waals surface area contributed by atoms with Gasteiger partial charge in [0.15, 0.2) is 0 Å². The highest BCUT2D eigenvalue weighted by Crippen LogP contribution is 2.26. The molecule has 0 aliphatic carbocycles. The lowest BCUT2D eigenvalue weighted by Crippen LogP contribution is -2.22. The molecule has 1 saturated heterocycles. The number of rotatable bonds is 5. The van der Waals surface area contributed by atoms with Gasteiger partial charge in [0, 0.05) is 24.4 Å². The summed E-state index contributed by atoms with van der Waals surface area (Å²) in [5, 5.41) is 15.0. The van der Waals surface area contributed by atoms with Crippen LogP contribution in [0, 0.1) is 10.1 Å². The van der Waals surface area contributed by atoms with Gasteiger partial charge < -0.3 is 5.32 Å². The molecule has 18 heavy (non-hydrogen) atoms. The van der Waals surface area contributed by atoms with E-state index in [0.29, 0.717) is 11.8 Å². The minimum Gasteiger partial charge on any atom is -0.312 e. The first-order valence-electron chi connectivity index (χ1n) is 5.92. The molecule has 1 aromatic rings. The largest absolute Gasteiger partial charge is 0.312 e. The third-order valence-corrected chi connectivity index (χ3v) is 4.65. The molecule has 0 spiro atoms. The summed E-state index contributed by atoms with van der Waals surface area (Å²) in [6.45, 7) is 1.61. The summed E-state index contributed by atoms with van der Waals surface area (Å²) in [7, 11) is 0. The summed E-state index contributed by atoms with van der Waals surface area (Å²) in [4.78, 5) is 10.3. The summed E-state index contributed by atoms with van der Waals surface area (Å²) in [6, 6.07) is 4.95. The molecule has 1 aromatic carbocycles. The molecular formula is C12H15ClN2O2S. The maximum Gasteiger partial charge on any atom is 0.288 e. The SMILES string of the molecule is O=[N+]([O-])c1cc(CNCC2CCCS2)ccc1Cl. The lowest BCUT2D eigenvalue weighted by molar-refractivity contribution is -0.384. The molecule has 0 amide bonds. The number of thioether (sulfide) groups is 1. The van der Waals surface area contributed by atoms with Crippen molar-refractivity contribution < 1.29 is 4.92 Å². The predicted molar refractivity (Wildman–Crippen MR) is 75.3 cm³/mol. The van der Waals surface area contributed by atoms with E-state index in [1.54, 1.807) is 6.07 Å². The van der Waals surface area contributed by atoms with Crippen LogP contribution in [-0.4, -0.2) is 22.5 Å². The molecule has 1 aliphatic rings. The van der Waals surface area contributed by atoms with E-state index >= 15 is 0 Å².